The van der Waals surface area contributed by atoms with Gasteiger partial charge in [0.1, 0.15) is 57.3 Å². The maximum Gasteiger partial charge on any atom is 0.355 e. The highest BCUT2D eigenvalue weighted by atomic mass is 16.5. The molecule has 14 heterocycles. The number of ether oxygens (including phenoxy) is 3. The summed E-state index contributed by atoms with van der Waals surface area (Å²) in [7, 11) is 20.2. The first-order chi connectivity index (χ1) is 69.7. The van der Waals surface area contributed by atoms with Crippen LogP contribution >= 0.6 is 0 Å². The van der Waals surface area contributed by atoms with E-state index in [0.717, 1.165) is 194 Å². The molecule has 0 aromatic carbocycles. The number of azide groups is 1. The van der Waals surface area contributed by atoms with Crippen molar-refractivity contribution >= 4 is 145 Å². The van der Waals surface area contributed by atoms with E-state index in [9.17, 15) is 52.7 Å². The number of aromatic amines is 3. The van der Waals surface area contributed by atoms with Gasteiger partial charge in [0.05, 0.1) is 62.6 Å². The highest BCUT2D eigenvalue weighted by molar-refractivity contribution is 6.01. The van der Waals surface area contributed by atoms with Crippen LogP contribution in [0.1, 0.15) is 225 Å². The van der Waals surface area contributed by atoms with Crippen molar-refractivity contribution in [3.8, 4) is 0 Å². The quantitative estimate of drug-likeness (QED) is 0.0200. The molecule has 0 fully saturated rings. The van der Waals surface area contributed by atoms with Crippen LogP contribution in [0.5, 0.6) is 0 Å². The molecule has 7 N–H and O–H groups in total. The SMILES string of the molecule is CC1=CC=C(C=O)C1.CC1=Cc2c(c3cn[nH]c(=O)c3n2C)C1.CC1=Cc2c(c3cn[nH]c(=O)c3n2C)C1.CC1=Cc2c(c3cnn(C)c(=O)c3n2C)C1.CC1=Cc2c(c3cnn(C)c(=O)c3n2C)C1.CCC1=Cc2c(c3cnn(C)c(=O)c3n2C)C1.CCC1=Cc2c(c3cnn(C)c(=O)c3n2C)C1.CCOC(=O)CN=[N+]=[N-].CCOC(=O)c1c(C=O)c2c(n1C)C=C(C)C2.CCOC(=O)c1cc2c([nH]1)C=C(C)C2.N=N.O.[HH]. The molecular weight excluding hydrogens is 1880 g/mol. The Hall–Kier alpha value is -16.9. The Morgan fingerprint density at radius 2 is 0.735 bits per heavy atom. The van der Waals surface area contributed by atoms with Gasteiger partial charge in [-0.25, -0.2) is 49.6 Å². The largest absolute Gasteiger partial charge is 0.466 e. The fraction of sp³-hybridized carbons (Fsp3) is 0.355. The molecule has 147 heavy (non-hydrogen) atoms. The molecule has 0 bridgehead atoms. The summed E-state index contributed by atoms with van der Waals surface area (Å²) in [4.78, 5) is 132. The Morgan fingerprint density at radius 3 is 1.05 bits per heavy atom. The number of carbonyl (C=O) groups is 5. The van der Waals surface area contributed by atoms with Gasteiger partial charge in [-0.2, -0.15) is 30.6 Å². The smallest absolute Gasteiger partial charge is 0.355 e. The lowest BCUT2D eigenvalue weighted by molar-refractivity contribution is -0.141. The number of carbonyl (C=O) groups excluding carboxylic acids is 5. The maximum atomic E-state index is 12.1. The lowest BCUT2D eigenvalue weighted by Crippen LogP contribution is -2.20. The van der Waals surface area contributed by atoms with E-state index < -0.39 is 11.9 Å². The van der Waals surface area contributed by atoms with Crippen LogP contribution in [-0.4, -0.2) is 159 Å². The molecule has 770 valence electrons. The molecule has 0 spiro atoms. The molecule has 9 aliphatic rings. The molecular formula is C107H127N25O15. The van der Waals surface area contributed by atoms with E-state index in [1.165, 1.54) is 119 Å². The molecule has 40 nitrogen and oxygen atoms in total. The van der Waals surface area contributed by atoms with E-state index in [2.05, 4.69) is 152 Å². The summed E-state index contributed by atoms with van der Waals surface area (Å²) in [6.45, 7) is 24.9. The molecule has 9 aliphatic carbocycles. The molecule has 0 unspecified atom stereocenters. The molecule has 0 amide bonds. The monoisotopic (exact) mass is 2000 g/mol. The zero-order valence-corrected chi connectivity index (χ0v) is 87.2. The molecule has 0 atom stereocenters. The van der Waals surface area contributed by atoms with Gasteiger partial charge < -0.3 is 56.6 Å². The van der Waals surface area contributed by atoms with Crippen molar-refractivity contribution in [2.75, 3.05) is 26.4 Å². The number of fused-ring (bicyclic) bond motifs is 20. The third kappa shape index (κ3) is 21.8. The summed E-state index contributed by atoms with van der Waals surface area (Å²) >= 11 is 0. The van der Waals surface area contributed by atoms with Gasteiger partial charge in [0.2, 0.25) is 0 Å². The van der Waals surface area contributed by atoms with Gasteiger partial charge in [-0.3, -0.25) is 43.2 Å². The van der Waals surface area contributed by atoms with E-state index in [4.69, 9.17) is 26.1 Å². The Balaban J connectivity index is 0.000000157. The number of aldehydes is 2. The van der Waals surface area contributed by atoms with Crippen molar-refractivity contribution in [1.29, 1.82) is 11.1 Å². The van der Waals surface area contributed by atoms with Crippen molar-refractivity contribution in [3.63, 3.8) is 0 Å². The van der Waals surface area contributed by atoms with Crippen LogP contribution in [0, 0.1) is 11.1 Å². The Labute approximate surface area is 846 Å². The zero-order valence-electron chi connectivity index (χ0n) is 87.2. The topological polar surface area (TPSA) is 522 Å². The van der Waals surface area contributed by atoms with Gasteiger partial charge in [-0.15, -0.1) is 0 Å². The Bertz CT molecular complexity index is 8120. The second kappa shape index (κ2) is 46.2. The number of esters is 3. The lowest BCUT2D eigenvalue weighted by atomic mass is 10.1. The summed E-state index contributed by atoms with van der Waals surface area (Å²) in [5.74, 6) is -1.19. The van der Waals surface area contributed by atoms with Crippen molar-refractivity contribution in [2.24, 2.45) is 82.6 Å². The number of hydrogen-bond donors (Lipinski definition) is 5. The number of aryl methyl sites for hydroxylation is 10. The van der Waals surface area contributed by atoms with Crippen LogP contribution < -0.4 is 33.4 Å². The molecule has 14 aromatic rings. The normalized spacial score (nSPS) is 13.6. The molecule has 0 aliphatic heterocycles. The van der Waals surface area contributed by atoms with E-state index >= 15 is 0 Å². The molecule has 14 aromatic heterocycles. The average Bonchev–Trinajstić information content (AvgIpc) is 1.57. The van der Waals surface area contributed by atoms with E-state index in [1.54, 1.807) is 85.4 Å². The van der Waals surface area contributed by atoms with Gasteiger partial charge in [-0.1, -0.05) is 81.3 Å². The average molecular weight is 2000 g/mol. The minimum atomic E-state index is -0.490. The summed E-state index contributed by atoms with van der Waals surface area (Å²) in [6.07, 6.45) is 43.5. The van der Waals surface area contributed by atoms with Gasteiger partial charge in [0.15, 0.2) is 6.29 Å². The lowest BCUT2D eigenvalue weighted by Gasteiger charge is -2.05. The number of rotatable bonds is 11. The molecule has 40 heteroatoms. The maximum absolute atomic E-state index is 12.1. The summed E-state index contributed by atoms with van der Waals surface area (Å²) < 4.78 is 33.4. The second-order valence-corrected chi connectivity index (χ2v) is 37.1. The van der Waals surface area contributed by atoms with E-state index in [-0.39, 0.29) is 52.8 Å². The second-order valence-electron chi connectivity index (χ2n) is 37.1. The van der Waals surface area contributed by atoms with E-state index in [0.29, 0.717) is 36.8 Å². The Morgan fingerprint density at radius 1 is 0.408 bits per heavy atom. The summed E-state index contributed by atoms with van der Waals surface area (Å²) in [5.41, 5.74) is 54.6. The fourth-order valence-corrected chi connectivity index (χ4v) is 19.9. The molecule has 0 saturated heterocycles. The third-order valence-corrected chi connectivity index (χ3v) is 26.9. The van der Waals surface area contributed by atoms with Crippen LogP contribution in [-0.2, 0) is 153 Å². The predicted molar refractivity (Wildman–Crippen MR) is 572 cm³/mol. The number of nitrogens with zero attached hydrogens (tertiary/aromatic N) is 20. The van der Waals surface area contributed by atoms with Crippen molar-refractivity contribution in [1.82, 2.24) is 96.5 Å². The number of H-pyrrole nitrogens is 3. The standard InChI is InChI=1S/2C13H15N3O.C13H15NO3.2C12H13N3O.2C11H11N3O.C11H13NO2.C7H8O.C4H7N3O2.H2N2.H2O.H2/c2*1-4-8-5-9-10-7-14-16(3)13(17)12(10)15(2)11(9)6-8;1-4-17-13(16)12-10(7-15)9-5-8(2)6-11(9)14(12)3;2*1-7-4-8-9-6-13-15(3)12(16)11(9)14(2)10(8)5-7;2*1-6-3-7-8-5-12-13-11(15)10(8)14(2)9(7)4-6;1-3-14-11(13)10-6-8-4-7(2)5-9(8)12-10;1-6-2-3-7(4-6)5-8;1-2-9-4(8)3-6-7-5;1-2;;/h3*6-7H,4-5H2,1-3H3;2*5-6H,4H2,1-3H3;2*4-5H,3H2,1-2H3,(H,13,15);5-6,12H,3-4H2,1-2H3;2-3,5H,4H2,1H3;2-3H2,1H3;1-2H;1H2;1H. The summed E-state index contributed by atoms with van der Waals surface area (Å²) in [5, 5.41) is 38.0. The number of hydrogen-bond acceptors (Lipinski definition) is 23. The molecule has 0 radical (unpaired) electrons. The van der Waals surface area contributed by atoms with Gasteiger partial charge in [0, 0.05) is 162 Å². The van der Waals surface area contributed by atoms with Crippen LogP contribution in [0.15, 0.2) is 145 Å². The third-order valence-electron chi connectivity index (χ3n) is 26.9. The van der Waals surface area contributed by atoms with Crippen molar-refractivity contribution in [2.45, 2.75) is 154 Å². The highest BCUT2D eigenvalue weighted by Crippen LogP contribution is 2.40. The first-order valence-electron chi connectivity index (χ1n) is 47.9. The fourth-order valence-electron chi connectivity index (χ4n) is 19.9. The van der Waals surface area contributed by atoms with Gasteiger partial charge in [-0.05, 0) is 250 Å². The molecule has 23 rings (SSSR count). The summed E-state index contributed by atoms with van der Waals surface area (Å²) in [6, 6.07) is 1.88. The minimum absolute atomic E-state index is 0. The van der Waals surface area contributed by atoms with Crippen molar-refractivity contribution < 1.29 is 45.1 Å². The zero-order chi connectivity index (χ0) is 106. The minimum Gasteiger partial charge on any atom is -0.466 e. The number of aromatic nitrogens is 20. The van der Waals surface area contributed by atoms with Gasteiger partial charge >= 0.3 is 17.9 Å². The number of allylic oxidation sites excluding steroid dienone is 12. The predicted octanol–water partition coefficient (Wildman–Crippen LogP) is 14.6. The van der Waals surface area contributed by atoms with E-state index in [1.807, 2.05) is 120 Å². The highest BCUT2D eigenvalue weighted by Gasteiger charge is 2.32. The van der Waals surface area contributed by atoms with Crippen LogP contribution in [0.3, 0.4) is 0 Å². The number of nitrogens with one attached hydrogen (secondary N) is 5. The Kier molecular flexibility index (Phi) is 34.2. The van der Waals surface area contributed by atoms with Crippen LogP contribution in [0.4, 0.5) is 0 Å². The van der Waals surface area contributed by atoms with Crippen LogP contribution in [0.2, 0.25) is 0 Å². The first-order valence-corrected chi connectivity index (χ1v) is 47.9. The van der Waals surface area contributed by atoms with Crippen LogP contribution in [0.25, 0.3) is 124 Å². The van der Waals surface area contributed by atoms with Gasteiger partial charge in [0.25, 0.3) is 33.4 Å². The molecule has 0 saturated carbocycles. The first kappa shape index (κ1) is 109. The van der Waals surface area contributed by atoms with Crippen molar-refractivity contribution in [3.05, 3.63) is 291 Å².